The second kappa shape index (κ2) is 4.75. The summed E-state index contributed by atoms with van der Waals surface area (Å²) in [5, 5.41) is 9.64. The van der Waals surface area contributed by atoms with Crippen LogP contribution in [0.4, 0.5) is 0 Å². The van der Waals surface area contributed by atoms with Crippen LogP contribution in [0.25, 0.3) is 0 Å². The molecule has 3 fully saturated rings. The molecule has 4 aliphatic carbocycles. The molecule has 0 saturated heterocycles. The van der Waals surface area contributed by atoms with E-state index in [1.54, 1.807) is 5.57 Å². The molecular weight excluding hydrogens is 280 g/mol. The van der Waals surface area contributed by atoms with E-state index in [0.29, 0.717) is 40.6 Å². The maximum atomic E-state index is 9.64. The maximum Gasteiger partial charge on any atom is 0.0433 e. The summed E-state index contributed by atoms with van der Waals surface area (Å²) in [7, 11) is 0. The fourth-order valence-corrected chi connectivity index (χ4v) is 7.62. The molecule has 5 unspecified atom stereocenters. The van der Waals surface area contributed by atoms with Crippen molar-refractivity contribution in [2.45, 2.75) is 66.2 Å². The van der Waals surface area contributed by atoms with Crippen molar-refractivity contribution in [3.05, 3.63) is 23.8 Å². The first-order valence-electron chi connectivity index (χ1n) is 9.81. The highest BCUT2D eigenvalue weighted by molar-refractivity contribution is 5.47. The van der Waals surface area contributed by atoms with E-state index in [4.69, 9.17) is 0 Å². The molecule has 128 valence electrons. The van der Waals surface area contributed by atoms with E-state index in [1.807, 2.05) is 0 Å². The third-order valence-electron chi connectivity index (χ3n) is 8.72. The highest BCUT2D eigenvalue weighted by Gasteiger charge is 2.72. The van der Waals surface area contributed by atoms with E-state index in [2.05, 4.69) is 40.3 Å². The van der Waals surface area contributed by atoms with E-state index in [0.717, 1.165) is 12.3 Å². The fourth-order valence-electron chi connectivity index (χ4n) is 7.62. The topological polar surface area (TPSA) is 20.2 Å². The van der Waals surface area contributed by atoms with Crippen molar-refractivity contribution < 1.29 is 5.11 Å². The Morgan fingerprint density at radius 1 is 1.22 bits per heavy atom. The first-order chi connectivity index (χ1) is 10.8. The van der Waals surface area contributed by atoms with Crippen molar-refractivity contribution in [1.29, 1.82) is 0 Å². The van der Waals surface area contributed by atoms with Crippen molar-refractivity contribution in [3.8, 4) is 0 Å². The van der Waals surface area contributed by atoms with Gasteiger partial charge in [-0.15, -0.1) is 0 Å². The van der Waals surface area contributed by atoms with E-state index < -0.39 is 0 Å². The number of aliphatic hydroxyl groups is 1. The SMILES string of the molecule is C=C1C=C2C3(CCCC3)CC(CCO)C(C)C2(C)C2C1C2(C)C. The monoisotopic (exact) mass is 314 g/mol. The summed E-state index contributed by atoms with van der Waals surface area (Å²) in [5.41, 5.74) is 4.32. The first kappa shape index (κ1) is 15.9. The molecule has 23 heavy (non-hydrogen) atoms. The zero-order valence-electron chi connectivity index (χ0n) is 15.5. The van der Waals surface area contributed by atoms with Gasteiger partial charge in [-0.05, 0) is 65.6 Å². The highest BCUT2D eigenvalue weighted by Crippen LogP contribution is 2.79. The van der Waals surface area contributed by atoms with Crippen molar-refractivity contribution in [1.82, 2.24) is 0 Å². The van der Waals surface area contributed by atoms with Gasteiger partial charge in [-0.25, -0.2) is 0 Å². The molecule has 0 aromatic rings. The summed E-state index contributed by atoms with van der Waals surface area (Å²) in [5.74, 6) is 2.81. The molecule has 1 spiro atoms. The van der Waals surface area contributed by atoms with Gasteiger partial charge in [-0.3, -0.25) is 0 Å². The zero-order chi connectivity index (χ0) is 16.6. The van der Waals surface area contributed by atoms with Crippen LogP contribution in [0.2, 0.25) is 0 Å². The smallest absolute Gasteiger partial charge is 0.0433 e. The summed E-state index contributed by atoms with van der Waals surface area (Å²) in [4.78, 5) is 0. The van der Waals surface area contributed by atoms with Crippen LogP contribution in [0.3, 0.4) is 0 Å². The fraction of sp³-hybridized carbons (Fsp3) is 0.818. The quantitative estimate of drug-likeness (QED) is 0.727. The van der Waals surface area contributed by atoms with Crippen LogP contribution in [0, 0.1) is 39.9 Å². The predicted molar refractivity (Wildman–Crippen MR) is 96.0 cm³/mol. The number of rotatable bonds is 2. The number of hydrogen-bond acceptors (Lipinski definition) is 1. The van der Waals surface area contributed by atoms with Crippen LogP contribution in [0.1, 0.15) is 66.2 Å². The van der Waals surface area contributed by atoms with Gasteiger partial charge in [0, 0.05) is 6.61 Å². The highest BCUT2D eigenvalue weighted by atomic mass is 16.3. The Kier molecular flexibility index (Phi) is 3.29. The van der Waals surface area contributed by atoms with Gasteiger partial charge in [-0.1, -0.05) is 64.3 Å². The minimum atomic E-state index is 0.317. The molecule has 0 bridgehead atoms. The summed E-state index contributed by atoms with van der Waals surface area (Å²) in [6, 6.07) is 0. The Bertz CT molecular complexity index is 563. The third-order valence-corrected chi connectivity index (χ3v) is 8.72. The molecule has 4 rings (SSSR count). The van der Waals surface area contributed by atoms with Crippen molar-refractivity contribution >= 4 is 0 Å². The summed E-state index contributed by atoms with van der Waals surface area (Å²) >= 11 is 0. The lowest BCUT2D eigenvalue weighted by atomic mass is 9.47. The third kappa shape index (κ3) is 1.84. The van der Waals surface area contributed by atoms with Gasteiger partial charge >= 0.3 is 0 Å². The second-order valence-corrected chi connectivity index (χ2v) is 9.94. The van der Waals surface area contributed by atoms with Gasteiger partial charge in [0.05, 0.1) is 0 Å². The molecule has 4 aliphatic rings. The number of allylic oxidation sites excluding steroid dienone is 3. The zero-order valence-corrected chi connectivity index (χ0v) is 15.5. The molecule has 0 aliphatic heterocycles. The van der Waals surface area contributed by atoms with Crippen LogP contribution < -0.4 is 0 Å². The van der Waals surface area contributed by atoms with Crippen LogP contribution in [0.5, 0.6) is 0 Å². The summed E-state index contributed by atoms with van der Waals surface area (Å²) in [6.07, 6.45) is 10.4. The van der Waals surface area contributed by atoms with Crippen LogP contribution in [0.15, 0.2) is 23.8 Å². The normalized spacial score (nSPS) is 46.3. The summed E-state index contributed by atoms with van der Waals surface area (Å²) < 4.78 is 0. The molecule has 1 N–H and O–H groups in total. The Morgan fingerprint density at radius 3 is 2.48 bits per heavy atom. The average Bonchev–Trinajstić information content (AvgIpc) is 2.86. The molecular formula is C22H34O. The van der Waals surface area contributed by atoms with E-state index in [9.17, 15) is 5.11 Å². The second-order valence-electron chi connectivity index (χ2n) is 9.94. The van der Waals surface area contributed by atoms with Gasteiger partial charge < -0.3 is 5.11 Å². The van der Waals surface area contributed by atoms with Crippen molar-refractivity contribution in [2.24, 2.45) is 39.9 Å². The summed E-state index contributed by atoms with van der Waals surface area (Å²) in [6.45, 7) is 14.8. The minimum absolute atomic E-state index is 0.317. The van der Waals surface area contributed by atoms with Gasteiger partial charge in [0.25, 0.3) is 0 Å². The number of aliphatic hydroxyl groups excluding tert-OH is 1. The minimum Gasteiger partial charge on any atom is -0.396 e. The molecule has 0 heterocycles. The molecule has 0 aromatic heterocycles. The van der Waals surface area contributed by atoms with Crippen LogP contribution in [-0.2, 0) is 0 Å². The Hall–Kier alpha value is -0.560. The van der Waals surface area contributed by atoms with E-state index in [1.165, 1.54) is 37.7 Å². The number of hydrogen-bond donors (Lipinski definition) is 1. The van der Waals surface area contributed by atoms with Crippen LogP contribution >= 0.6 is 0 Å². The van der Waals surface area contributed by atoms with Gasteiger partial charge in [0.2, 0.25) is 0 Å². The lowest BCUT2D eigenvalue weighted by molar-refractivity contribution is 0.0112. The lowest BCUT2D eigenvalue weighted by Crippen LogP contribution is -2.49. The first-order valence-corrected chi connectivity index (χ1v) is 9.81. The van der Waals surface area contributed by atoms with Gasteiger partial charge in [-0.2, -0.15) is 0 Å². The predicted octanol–water partition coefficient (Wildman–Crippen LogP) is 5.36. The Morgan fingerprint density at radius 2 is 1.87 bits per heavy atom. The number of fused-ring (bicyclic) bond motifs is 4. The molecule has 0 radical (unpaired) electrons. The maximum absolute atomic E-state index is 9.64. The Balaban J connectivity index is 1.84. The molecule has 3 saturated carbocycles. The van der Waals surface area contributed by atoms with E-state index in [-0.39, 0.29) is 0 Å². The molecule has 0 amide bonds. The average molecular weight is 315 g/mol. The lowest BCUT2D eigenvalue weighted by Gasteiger charge is -2.57. The van der Waals surface area contributed by atoms with Crippen molar-refractivity contribution in [3.63, 3.8) is 0 Å². The van der Waals surface area contributed by atoms with E-state index >= 15 is 0 Å². The molecule has 1 heteroatoms. The molecule has 1 nitrogen and oxygen atoms in total. The van der Waals surface area contributed by atoms with Crippen LogP contribution in [-0.4, -0.2) is 11.7 Å². The standard InChI is InChI=1S/C22H34O/c1-14-12-17-21(5,19-18(14)20(19,3)4)15(2)16(8-11-23)13-22(17)9-6-7-10-22/h12,15-16,18-19,23H,1,6-11,13H2,2-5H3. The largest absolute Gasteiger partial charge is 0.396 e. The van der Waals surface area contributed by atoms with Gasteiger partial charge in [0.15, 0.2) is 0 Å². The molecule has 5 atom stereocenters. The van der Waals surface area contributed by atoms with Gasteiger partial charge in [0.1, 0.15) is 0 Å². The van der Waals surface area contributed by atoms with Crippen molar-refractivity contribution in [2.75, 3.05) is 6.61 Å². The molecule has 0 aromatic carbocycles. The Labute approximate surface area is 142 Å².